The van der Waals surface area contributed by atoms with E-state index in [-0.39, 0.29) is 18.0 Å². The number of benzene rings is 1. The fourth-order valence-corrected chi connectivity index (χ4v) is 2.61. The van der Waals surface area contributed by atoms with Crippen molar-refractivity contribution in [2.45, 2.75) is 19.4 Å². The summed E-state index contributed by atoms with van der Waals surface area (Å²) in [7, 11) is 0. The van der Waals surface area contributed by atoms with Crippen molar-refractivity contribution in [3.8, 4) is 0 Å². The summed E-state index contributed by atoms with van der Waals surface area (Å²) in [6, 6.07) is 7.21. The van der Waals surface area contributed by atoms with Gasteiger partial charge in [0, 0.05) is 48.8 Å². The topological polar surface area (TPSA) is 73.5 Å². The Morgan fingerprint density at radius 2 is 2.09 bits per heavy atom. The Labute approximate surface area is 138 Å². The van der Waals surface area contributed by atoms with Crippen molar-refractivity contribution in [2.24, 2.45) is 0 Å². The molecule has 1 atom stereocenters. The van der Waals surface area contributed by atoms with E-state index in [1.807, 2.05) is 24.0 Å². The standard InChI is InChI=1S/C15H21BrN4O2/c1-11-10-17-8-9-20(11)14(21)6-7-18-15(22)19-13-4-2-12(16)3-5-13/h2-5,11,17H,6-10H2,1H3,(H2,18,19,22)/t11-/m1/s1. The number of halogens is 1. The van der Waals surface area contributed by atoms with Crippen LogP contribution in [0.2, 0.25) is 0 Å². The molecule has 0 aromatic heterocycles. The molecular weight excluding hydrogens is 348 g/mol. The Kier molecular flexibility index (Phi) is 6.21. The number of urea groups is 1. The van der Waals surface area contributed by atoms with Gasteiger partial charge in [-0.1, -0.05) is 15.9 Å². The lowest BCUT2D eigenvalue weighted by atomic mass is 10.2. The fraction of sp³-hybridized carbons (Fsp3) is 0.467. The van der Waals surface area contributed by atoms with Crippen LogP contribution in [0.1, 0.15) is 13.3 Å². The highest BCUT2D eigenvalue weighted by Crippen LogP contribution is 2.13. The number of hydrogen-bond donors (Lipinski definition) is 3. The van der Waals surface area contributed by atoms with Crippen molar-refractivity contribution in [3.05, 3.63) is 28.7 Å². The molecule has 0 spiro atoms. The van der Waals surface area contributed by atoms with Crippen LogP contribution in [0.3, 0.4) is 0 Å². The number of rotatable bonds is 4. The monoisotopic (exact) mass is 368 g/mol. The number of hydrogen-bond acceptors (Lipinski definition) is 3. The molecule has 0 unspecified atom stereocenters. The van der Waals surface area contributed by atoms with Crippen molar-refractivity contribution < 1.29 is 9.59 Å². The van der Waals surface area contributed by atoms with E-state index < -0.39 is 0 Å². The number of anilines is 1. The molecule has 120 valence electrons. The molecule has 2 rings (SSSR count). The summed E-state index contributed by atoms with van der Waals surface area (Å²) in [5.74, 6) is 0.0814. The van der Waals surface area contributed by atoms with Gasteiger partial charge in [0.2, 0.25) is 5.91 Å². The van der Waals surface area contributed by atoms with Crippen molar-refractivity contribution in [3.63, 3.8) is 0 Å². The summed E-state index contributed by atoms with van der Waals surface area (Å²) in [5.41, 5.74) is 0.711. The molecule has 7 heteroatoms. The minimum absolute atomic E-state index is 0.0814. The first-order valence-electron chi connectivity index (χ1n) is 7.37. The van der Waals surface area contributed by atoms with Gasteiger partial charge in [-0.05, 0) is 31.2 Å². The lowest BCUT2D eigenvalue weighted by Crippen LogP contribution is -2.52. The molecule has 3 amide bonds. The van der Waals surface area contributed by atoms with E-state index >= 15 is 0 Å². The molecule has 0 saturated carbocycles. The van der Waals surface area contributed by atoms with Crippen LogP contribution in [0.5, 0.6) is 0 Å². The molecule has 1 aromatic carbocycles. The third-order valence-electron chi connectivity index (χ3n) is 3.55. The number of carbonyl (C=O) groups excluding carboxylic acids is 2. The SMILES string of the molecule is C[C@@H]1CNCCN1C(=O)CCNC(=O)Nc1ccc(Br)cc1. The zero-order chi connectivity index (χ0) is 15.9. The van der Waals surface area contributed by atoms with Gasteiger partial charge >= 0.3 is 6.03 Å². The smallest absolute Gasteiger partial charge is 0.319 e. The highest BCUT2D eigenvalue weighted by Gasteiger charge is 2.22. The highest BCUT2D eigenvalue weighted by atomic mass is 79.9. The summed E-state index contributed by atoms with van der Waals surface area (Å²) in [5, 5.41) is 8.68. The van der Waals surface area contributed by atoms with E-state index in [0.29, 0.717) is 18.7 Å². The highest BCUT2D eigenvalue weighted by molar-refractivity contribution is 9.10. The molecule has 1 saturated heterocycles. The summed E-state index contributed by atoms with van der Waals surface area (Å²) < 4.78 is 0.953. The zero-order valence-electron chi connectivity index (χ0n) is 12.6. The van der Waals surface area contributed by atoms with E-state index in [1.165, 1.54) is 0 Å². The van der Waals surface area contributed by atoms with Gasteiger partial charge in [-0.25, -0.2) is 4.79 Å². The van der Waals surface area contributed by atoms with Crippen LogP contribution < -0.4 is 16.0 Å². The van der Waals surface area contributed by atoms with Gasteiger partial charge in [-0.3, -0.25) is 4.79 Å². The van der Waals surface area contributed by atoms with Gasteiger partial charge in [0.25, 0.3) is 0 Å². The van der Waals surface area contributed by atoms with Gasteiger partial charge in [0.1, 0.15) is 0 Å². The minimum atomic E-state index is -0.302. The second-order valence-corrected chi connectivity index (χ2v) is 6.19. The average molecular weight is 369 g/mol. The number of piperazine rings is 1. The van der Waals surface area contributed by atoms with Crippen LogP contribution in [0.4, 0.5) is 10.5 Å². The lowest BCUT2D eigenvalue weighted by Gasteiger charge is -2.34. The fourth-order valence-electron chi connectivity index (χ4n) is 2.35. The van der Waals surface area contributed by atoms with E-state index in [2.05, 4.69) is 31.9 Å². The van der Waals surface area contributed by atoms with Crippen LogP contribution in [-0.2, 0) is 4.79 Å². The molecule has 0 bridgehead atoms. The number of amides is 3. The van der Waals surface area contributed by atoms with Gasteiger partial charge in [-0.15, -0.1) is 0 Å². The maximum absolute atomic E-state index is 12.1. The van der Waals surface area contributed by atoms with Gasteiger partial charge in [-0.2, -0.15) is 0 Å². The predicted molar refractivity (Wildman–Crippen MR) is 89.8 cm³/mol. The van der Waals surface area contributed by atoms with Crippen LogP contribution in [0.15, 0.2) is 28.7 Å². The normalized spacial score (nSPS) is 17.9. The van der Waals surface area contributed by atoms with Gasteiger partial charge < -0.3 is 20.9 Å². The number of nitrogens with one attached hydrogen (secondary N) is 3. The number of carbonyl (C=O) groups is 2. The van der Waals surface area contributed by atoms with Crippen LogP contribution in [0.25, 0.3) is 0 Å². The molecule has 0 radical (unpaired) electrons. The number of nitrogens with zero attached hydrogens (tertiary/aromatic N) is 1. The molecular formula is C15H21BrN4O2. The minimum Gasteiger partial charge on any atom is -0.337 e. The van der Waals surface area contributed by atoms with Crippen molar-refractivity contribution in [1.29, 1.82) is 0 Å². The molecule has 22 heavy (non-hydrogen) atoms. The summed E-state index contributed by atoms with van der Waals surface area (Å²) >= 11 is 3.34. The second-order valence-electron chi connectivity index (χ2n) is 5.28. The molecule has 3 N–H and O–H groups in total. The van der Waals surface area contributed by atoms with Gasteiger partial charge in [0.05, 0.1) is 0 Å². The molecule has 1 aromatic rings. The Balaban J connectivity index is 1.70. The lowest BCUT2D eigenvalue weighted by molar-refractivity contribution is -0.133. The average Bonchev–Trinajstić information content (AvgIpc) is 2.50. The predicted octanol–water partition coefficient (Wildman–Crippen LogP) is 1.78. The Bertz CT molecular complexity index is 521. The van der Waals surface area contributed by atoms with E-state index in [4.69, 9.17) is 0 Å². The molecule has 1 heterocycles. The first kappa shape index (κ1) is 16.8. The summed E-state index contributed by atoms with van der Waals surface area (Å²) in [4.78, 5) is 25.7. The quantitative estimate of drug-likeness (QED) is 0.758. The van der Waals surface area contributed by atoms with Crippen molar-refractivity contribution in [1.82, 2.24) is 15.5 Å². The van der Waals surface area contributed by atoms with E-state index in [0.717, 1.165) is 24.1 Å². The molecule has 0 aliphatic carbocycles. The third-order valence-corrected chi connectivity index (χ3v) is 4.08. The molecule has 1 aliphatic heterocycles. The largest absolute Gasteiger partial charge is 0.337 e. The maximum atomic E-state index is 12.1. The Morgan fingerprint density at radius 1 is 1.36 bits per heavy atom. The maximum Gasteiger partial charge on any atom is 0.319 e. The first-order valence-corrected chi connectivity index (χ1v) is 8.16. The summed E-state index contributed by atoms with van der Waals surface area (Å²) in [6.07, 6.45) is 0.318. The first-order chi connectivity index (χ1) is 10.6. The molecule has 6 nitrogen and oxygen atoms in total. The van der Waals surface area contributed by atoms with Crippen molar-refractivity contribution in [2.75, 3.05) is 31.5 Å². The Morgan fingerprint density at radius 3 is 2.77 bits per heavy atom. The van der Waals surface area contributed by atoms with Crippen LogP contribution >= 0.6 is 15.9 Å². The van der Waals surface area contributed by atoms with E-state index in [1.54, 1.807) is 12.1 Å². The molecule has 1 fully saturated rings. The third kappa shape index (κ3) is 4.99. The van der Waals surface area contributed by atoms with Gasteiger partial charge in [0.15, 0.2) is 0 Å². The van der Waals surface area contributed by atoms with Crippen LogP contribution in [0, 0.1) is 0 Å². The van der Waals surface area contributed by atoms with E-state index in [9.17, 15) is 9.59 Å². The van der Waals surface area contributed by atoms with Crippen molar-refractivity contribution >= 4 is 33.6 Å². The zero-order valence-corrected chi connectivity index (χ0v) is 14.1. The molecule has 1 aliphatic rings. The Hall–Kier alpha value is -1.60. The van der Waals surface area contributed by atoms with Crippen LogP contribution in [-0.4, -0.2) is 49.1 Å². The summed E-state index contributed by atoms with van der Waals surface area (Å²) in [6.45, 7) is 4.73. The second kappa shape index (κ2) is 8.14.